The second-order valence-corrected chi connectivity index (χ2v) is 6.12. The molecule has 1 aliphatic heterocycles. The number of benzene rings is 1. The first-order valence-electron chi connectivity index (χ1n) is 8.32. The summed E-state index contributed by atoms with van der Waals surface area (Å²) in [5.74, 6) is 0.757. The zero-order valence-corrected chi connectivity index (χ0v) is 13.6. The van der Waals surface area contributed by atoms with Crippen LogP contribution in [-0.2, 0) is 17.8 Å². The highest BCUT2D eigenvalue weighted by Gasteiger charge is 2.19. The van der Waals surface area contributed by atoms with Crippen LogP contribution in [0.2, 0.25) is 0 Å². The molecule has 0 atom stereocenters. The molecule has 1 aliphatic rings. The maximum Gasteiger partial charge on any atom is 0.0491 e. The summed E-state index contributed by atoms with van der Waals surface area (Å²) >= 11 is 0. The Morgan fingerprint density at radius 1 is 1.19 bits per heavy atom. The Kier molecular flexibility index (Phi) is 7.20. The van der Waals surface area contributed by atoms with E-state index >= 15 is 0 Å². The van der Waals surface area contributed by atoms with Gasteiger partial charge in [0.2, 0.25) is 0 Å². The van der Waals surface area contributed by atoms with Crippen molar-refractivity contribution in [3.63, 3.8) is 0 Å². The van der Waals surface area contributed by atoms with Crippen LogP contribution >= 0.6 is 0 Å². The van der Waals surface area contributed by atoms with Crippen molar-refractivity contribution in [3.05, 3.63) is 35.4 Å². The van der Waals surface area contributed by atoms with Gasteiger partial charge in [-0.3, -0.25) is 4.90 Å². The number of likely N-dealkylation sites (tertiary alicyclic amines) is 1. The molecule has 1 N–H and O–H groups in total. The van der Waals surface area contributed by atoms with E-state index in [1.807, 2.05) is 7.11 Å². The van der Waals surface area contributed by atoms with Crippen molar-refractivity contribution in [1.82, 2.24) is 10.2 Å². The van der Waals surface area contributed by atoms with Crippen molar-refractivity contribution in [2.75, 3.05) is 33.4 Å². The lowest BCUT2D eigenvalue weighted by molar-refractivity contribution is 0.0967. The molecule has 0 amide bonds. The Bertz CT molecular complexity index is 400. The second-order valence-electron chi connectivity index (χ2n) is 6.12. The summed E-state index contributed by atoms with van der Waals surface area (Å²) in [4.78, 5) is 2.59. The summed E-state index contributed by atoms with van der Waals surface area (Å²) < 4.78 is 5.28. The Morgan fingerprint density at radius 3 is 2.57 bits per heavy atom. The van der Waals surface area contributed by atoms with Gasteiger partial charge in [0.05, 0.1) is 0 Å². The van der Waals surface area contributed by atoms with Crippen molar-refractivity contribution in [2.24, 2.45) is 5.92 Å². The van der Waals surface area contributed by atoms with Crippen LogP contribution in [0.1, 0.15) is 37.3 Å². The van der Waals surface area contributed by atoms with E-state index in [0.717, 1.165) is 32.2 Å². The van der Waals surface area contributed by atoms with E-state index in [0.29, 0.717) is 0 Å². The van der Waals surface area contributed by atoms with E-state index in [9.17, 15) is 0 Å². The predicted octanol–water partition coefficient (Wildman–Crippen LogP) is 3.04. The number of ether oxygens (including phenoxy) is 1. The topological polar surface area (TPSA) is 24.5 Å². The normalized spacial score (nSPS) is 17.2. The molecule has 3 heteroatoms. The highest BCUT2D eigenvalue weighted by molar-refractivity contribution is 5.27. The quantitative estimate of drug-likeness (QED) is 0.745. The van der Waals surface area contributed by atoms with Crippen LogP contribution in [-0.4, -0.2) is 38.3 Å². The molecular formula is C18H30N2O. The van der Waals surface area contributed by atoms with E-state index in [1.165, 1.54) is 43.5 Å². The van der Waals surface area contributed by atoms with Gasteiger partial charge in [-0.2, -0.15) is 0 Å². The van der Waals surface area contributed by atoms with Crippen LogP contribution in [0.5, 0.6) is 0 Å². The van der Waals surface area contributed by atoms with E-state index in [4.69, 9.17) is 4.74 Å². The van der Waals surface area contributed by atoms with Crippen molar-refractivity contribution < 1.29 is 4.74 Å². The lowest BCUT2D eigenvalue weighted by atomic mass is 9.97. The van der Waals surface area contributed by atoms with Crippen LogP contribution in [0.3, 0.4) is 0 Å². The van der Waals surface area contributed by atoms with E-state index in [-0.39, 0.29) is 0 Å². The van der Waals surface area contributed by atoms with Crippen LogP contribution in [0, 0.1) is 5.92 Å². The Morgan fingerprint density at radius 2 is 1.90 bits per heavy atom. The molecule has 1 aromatic rings. The fourth-order valence-corrected chi connectivity index (χ4v) is 3.07. The molecule has 1 aromatic carbocycles. The molecular weight excluding hydrogens is 260 g/mol. The molecule has 1 fully saturated rings. The van der Waals surface area contributed by atoms with Gasteiger partial charge >= 0.3 is 0 Å². The van der Waals surface area contributed by atoms with E-state index < -0.39 is 0 Å². The molecule has 21 heavy (non-hydrogen) atoms. The molecule has 0 bridgehead atoms. The largest absolute Gasteiger partial charge is 0.384 e. The molecule has 0 unspecified atom stereocenters. The zero-order chi connectivity index (χ0) is 14.9. The zero-order valence-electron chi connectivity index (χ0n) is 13.6. The number of rotatable bonds is 8. The molecule has 1 heterocycles. The third kappa shape index (κ3) is 5.42. The molecule has 0 aromatic heterocycles. The van der Waals surface area contributed by atoms with Crippen LogP contribution < -0.4 is 5.32 Å². The summed E-state index contributed by atoms with van der Waals surface area (Å²) in [7, 11) is 1.81. The van der Waals surface area contributed by atoms with Gasteiger partial charge in [0.25, 0.3) is 0 Å². The van der Waals surface area contributed by atoms with Gasteiger partial charge in [-0.15, -0.1) is 0 Å². The molecule has 0 radical (unpaired) electrons. The number of nitrogens with one attached hydrogen (secondary N) is 1. The summed E-state index contributed by atoms with van der Waals surface area (Å²) in [6, 6.07) is 8.85. The van der Waals surface area contributed by atoms with Gasteiger partial charge in [-0.05, 0) is 55.9 Å². The summed E-state index contributed by atoms with van der Waals surface area (Å²) in [6.45, 7) is 8.70. The lowest BCUT2D eigenvalue weighted by Gasteiger charge is -2.32. The van der Waals surface area contributed by atoms with Gasteiger partial charge in [0, 0.05) is 26.8 Å². The summed E-state index contributed by atoms with van der Waals surface area (Å²) in [5, 5.41) is 3.52. The molecule has 2 rings (SSSR count). The van der Waals surface area contributed by atoms with Gasteiger partial charge in [0.1, 0.15) is 0 Å². The first kappa shape index (κ1) is 16.5. The maximum absolute atomic E-state index is 5.28. The fraction of sp³-hybridized carbons (Fsp3) is 0.667. The smallest absolute Gasteiger partial charge is 0.0491 e. The number of methoxy groups -OCH3 is 1. The first-order valence-corrected chi connectivity index (χ1v) is 8.32. The van der Waals surface area contributed by atoms with Gasteiger partial charge in [-0.25, -0.2) is 0 Å². The number of hydrogen-bond acceptors (Lipinski definition) is 3. The van der Waals surface area contributed by atoms with Gasteiger partial charge < -0.3 is 10.1 Å². The standard InChI is InChI=1S/C18H30N2O/c1-3-10-19-13-17-6-4-5-7-18(17)14-20-11-8-16(9-12-20)15-21-2/h4-7,16,19H,3,8-15H2,1-2H3. The van der Waals surface area contributed by atoms with Crippen molar-refractivity contribution in [3.8, 4) is 0 Å². The van der Waals surface area contributed by atoms with Gasteiger partial charge in [0.15, 0.2) is 0 Å². The Hall–Kier alpha value is -0.900. The predicted molar refractivity (Wildman–Crippen MR) is 88.3 cm³/mol. The Labute approximate surface area is 129 Å². The third-order valence-corrected chi connectivity index (χ3v) is 4.36. The molecule has 0 saturated carbocycles. The minimum atomic E-state index is 0.757. The molecule has 118 valence electrons. The lowest BCUT2D eigenvalue weighted by Crippen LogP contribution is -2.34. The minimum absolute atomic E-state index is 0.757. The average Bonchev–Trinajstić information content (AvgIpc) is 2.51. The van der Waals surface area contributed by atoms with Gasteiger partial charge in [-0.1, -0.05) is 31.2 Å². The average molecular weight is 290 g/mol. The van der Waals surface area contributed by atoms with E-state index in [2.05, 4.69) is 41.4 Å². The molecule has 0 spiro atoms. The van der Waals surface area contributed by atoms with Crippen LogP contribution in [0.15, 0.2) is 24.3 Å². The third-order valence-electron chi connectivity index (χ3n) is 4.36. The highest BCUT2D eigenvalue weighted by Crippen LogP contribution is 2.20. The fourth-order valence-electron chi connectivity index (χ4n) is 3.07. The summed E-state index contributed by atoms with van der Waals surface area (Å²) in [5.41, 5.74) is 2.93. The highest BCUT2D eigenvalue weighted by atomic mass is 16.5. The van der Waals surface area contributed by atoms with E-state index in [1.54, 1.807) is 0 Å². The van der Waals surface area contributed by atoms with Crippen LogP contribution in [0.4, 0.5) is 0 Å². The second kappa shape index (κ2) is 9.19. The van der Waals surface area contributed by atoms with Crippen LogP contribution in [0.25, 0.3) is 0 Å². The Balaban J connectivity index is 1.85. The maximum atomic E-state index is 5.28. The monoisotopic (exact) mass is 290 g/mol. The summed E-state index contributed by atoms with van der Waals surface area (Å²) in [6.07, 6.45) is 3.73. The molecule has 0 aliphatic carbocycles. The molecule has 1 saturated heterocycles. The SMILES string of the molecule is CCCNCc1ccccc1CN1CCC(COC)CC1. The minimum Gasteiger partial charge on any atom is -0.384 e. The van der Waals surface area contributed by atoms with Crippen molar-refractivity contribution in [1.29, 1.82) is 0 Å². The first-order chi connectivity index (χ1) is 10.3. The number of nitrogens with zero attached hydrogens (tertiary/aromatic N) is 1. The van der Waals surface area contributed by atoms with Crippen molar-refractivity contribution in [2.45, 2.75) is 39.3 Å². The van der Waals surface area contributed by atoms with Crippen molar-refractivity contribution >= 4 is 0 Å². The number of piperidine rings is 1. The number of hydrogen-bond donors (Lipinski definition) is 1. The molecule has 3 nitrogen and oxygen atoms in total.